The number of benzene rings is 3. The normalized spacial score (nSPS) is 11.2. The van der Waals surface area contributed by atoms with E-state index in [1.807, 2.05) is 54.6 Å². The van der Waals surface area contributed by atoms with Crippen LogP contribution in [0.2, 0.25) is 5.04 Å². The van der Waals surface area contributed by atoms with Crippen LogP contribution < -0.4 is 15.6 Å². The van der Waals surface area contributed by atoms with E-state index in [4.69, 9.17) is 0 Å². The molecule has 0 aliphatic carbocycles. The molecule has 140 valence electrons. The van der Waals surface area contributed by atoms with E-state index in [1.165, 1.54) is 0 Å². The molecule has 0 aliphatic rings. The van der Waals surface area contributed by atoms with Crippen molar-refractivity contribution in [3.05, 3.63) is 89.5 Å². The number of hydrogen-bond donors (Lipinski definition) is 0. The summed E-state index contributed by atoms with van der Waals surface area (Å²) in [7, 11) is -2.72. The van der Waals surface area contributed by atoms with Gasteiger partial charge in [-0.1, -0.05) is 57.2 Å². The molecule has 0 fully saturated rings. The van der Waals surface area contributed by atoms with Gasteiger partial charge in [-0.2, -0.15) is 15.8 Å². The van der Waals surface area contributed by atoms with Crippen LogP contribution in [-0.2, 0) is 0 Å². The molecular weight excluding hydrogens is 370 g/mol. The first kappa shape index (κ1) is 20.1. The molecular formula is C25H21N3Si. The smallest absolute Gasteiger partial charge is 0.153 e. The maximum atomic E-state index is 9.52. The second kappa shape index (κ2) is 7.76. The average Bonchev–Trinajstić information content (AvgIpc) is 2.74. The van der Waals surface area contributed by atoms with Crippen LogP contribution in [0.25, 0.3) is 0 Å². The standard InChI is InChI=1S/C25H21N3Si/c1-25(2,3)29(22-10-4-7-19(13-22)16-26,23-11-5-8-20(14-23)17-27)24-12-6-9-21(15-24)18-28/h4-15H,1-3H3. The summed E-state index contributed by atoms with van der Waals surface area (Å²) >= 11 is 0. The second-order valence-corrected chi connectivity index (χ2v) is 12.8. The molecule has 3 nitrogen and oxygen atoms in total. The van der Waals surface area contributed by atoms with Crippen molar-refractivity contribution in [3.8, 4) is 18.2 Å². The van der Waals surface area contributed by atoms with Crippen LogP contribution in [0.5, 0.6) is 0 Å². The number of nitrogens with zero attached hydrogens (tertiary/aromatic N) is 3. The Morgan fingerprint density at radius 3 is 1.14 bits per heavy atom. The lowest BCUT2D eigenvalue weighted by Crippen LogP contribution is -2.72. The van der Waals surface area contributed by atoms with E-state index in [1.54, 1.807) is 0 Å². The van der Waals surface area contributed by atoms with Crippen molar-refractivity contribution in [2.24, 2.45) is 0 Å². The molecule has 0 N–H and O–H groups in total. The van der Waals surface area contributed by atoms with Gasteiger partial charge in [-0.25, -0.2) is 0 Å². The maximum Gasteiger partial charge on any atom is 0.153 e. The van der Waals surface area contributed by atoms with Crippen LogP contribution in [0.3, 0.4) is 0 Å². The minimum Gasteiger partial charge on any atom is -0.192 e. The average molecular weight is 392 g/mol. The molecule has 0 aromatic heterocycles. The number of rotatable bonds is 3. The fraction of sp³-hybridized carbons (Fsp3) is 0.160. The van der Waals surface area contributed by atoms with Gasteiger partial charge in [-0.15, -0.1) is 0 Å². The highest BCUT2D eigenvalue weighted by molar-refractivity contribution is 7.13. The van der Waals surface area contributed by atoms with E-state index < -0.39 is 8.07 Å². The zero-order valence-electron chi connectivity index (χ0n) is 16.8. The maximum absolute atomic E-state index is 9.52. The quantitative estimate of drug-likeness (QED) is 0.506. The summed E-state index contributed by atoms with van der Waals surface area (Å²) in [5, 5.41) is 31.6. The van der Waals surface area contributed by atoms with Crippen LogP contribution in [0.15, 0.2) is 72.8 Å². The number of hydrogen-bond acceptors (Lipinski definition) is 3. The van der Waals surface area contributed by atoms with Crippen molar-refractivity contribution in [3.63, 3.8) is 0 Å². The minimum absolute atomic E-state index is 0.191. The van der Waals surface area contributed by atoms with Crippen molar-refractivity contribution in [2.75, 3.05) is 0 Å². The van der Waals surface area contributed by atoms with Gasteiger partial charge in [0.15, 0.2) is 8.07 Å². The van der Waals surface area contributed by atoms with Gasteiger partial charge < -0.3 is 0 Å². The molecule has 0 bridgehead atoms. The van der Waals surface area contributed by atoms with Crippen LogP contribution >= 0.6 is 0 Å². The Morgan fingerprint density at radius 2 is 0.897 bits per heavy atom. The van der Waals surface area contributed by atoms with Gasteiger partial charge in [0.05, 0.1) is 34.9 Å². The van der Waals surface area contributed by atoms with Crippen LogP contribution in [-0.4, -0.2) is 8.07 Å². The first-order valence-electron chi connectivity index (χ1n) is 9.38. The molecule has 0 heterocycles. The fourth-order valence-electron chi connectivity index (χ4n) is 4.27. The molecule has 3 aromatic carbocycles. The molecule has 0 spiro atoms. The zero-order valence-corrected chi connectivity index (χ0v) is 17.8. The monoisotopic (exact) mass is 391 g/mol. The zero-order chi connectivity index (χ0) is 21.1. The molecule has 0 amide bonds. The summed E-state index contributed by atoms with van der Waals surface area (Å²) in [6, 6.07) is 30.1. The Hall–Kier alpha value is -3.65. The van der Waals surface area contributed by atoms with Gasteiger partial charge in [0.25, 0.3) is 0 Å². The van der Waals surface area contributed by atoms with Crippen molar-refractivity contribution in [2.45, 2.75) is 25.8 Å². The largest absolute Gasteiger partial charge is 0.192 e. The molecule has 0 saturated carbocycles. The van der Waals surface area contributed by atoms with Crippen molar-refractivity contribution in [1.29, 1.82) is 15.8 Å². The van der Waals surface area contributed by atoms with Crippen LogP contribution in [0.1, 0.15) is 37.5 Å². The third kappa shape index (κ3) is 3.45. The number of nitriles is 3. The lowest BCUT2D eigenvalue weighted by atomic mass is 10.2. The van der Waals surface area contributed by atoms with Gasteiger partial charge in [0, 0.05) is 0 Å². The molecule has 0 aliphatic heterocycles. The Morgan fingerprint density at radius 1 is 0.586 bits per heavy atom. The molecule has 0 atom stereocenters. The third-order valence-electron chi connectivity index (χ3n) is 5.40. The van der Waals surface area contributed by atoms with Crippen molar-refractivity contribution >= 4 is 23.6 Å². The SMILES string of the molecule is CC(C)(C)[Si](c1cccc(C#N)c1)(c1cccc(C#N)c1)c1cccc(C#N)c1. The lowest BCUT2D eigenvalue weighted by Gasteiger charge is -2.44. The Bertz CT molecular complexity index is 1040. The van der Waals surface area contributed by atoms with E-state index in [9.17, 15) is 15.8 Å². The molecule has 0 saturated heterocycles. The predicted molar refractivity (Wildman–Crippen MR) is 118 cm³/mol. The highest BCUT2D eigenvalue weighted by Crippen LogP contribution is 2.36. The van der Waals surface area contributed by atoms with Crippen LogP contribution in [0, 0.1) is 34.0 Å². The molecule has 29 heavy (non-hydrogen) atoms. The Balaban J connectivity index is 2.51. The van der Waals surface area contributed by atoms with E-state index in [-0.39, 0.29) is 5.04 Å². The molecule has 4 heteroatoms. The Labute approximate surface area is 173 Å². The highest BCUT2D eigenvalue weighted by Gasteiger charge is 2.49. The molecule has 3 rings (SSSR count). The third-order valence-corrected chi connectivity index (χ3v) is 11.2. The molecule has 0 radical (unpaired) electrons. The molecule has 3 aromatic rings. The summed E-state index contributed by atoms with van der Waals surface area (Å²) in [6.45, 7) is 6.61. The van der Waals surface area contributed by atoms with E-state index in [2.05, 4.69) is 57.2 Å². The van der Waals surface area contributed by atoms with Gasteiger partial charge in [0.1, 0.15) is 0 Å². The van der Waals surface area contributed by atoms with Gasteiger partial charge in [-0.3, -0.25) is 0 Å². The Kier molecular flexibility index (Phi) is 5.38. The van der Waals surface area contributed by atoms with Gasteiger partial charge in [-0.05, 0) is 57.0 Å². The first-order valence-corrected chi connectivity index (χ1v) is 11.4. The van der Waals surface area contributed by atoms with E-state index >= 15 is 0 Å². The first-order chi connectivity index (χ1) is 13.9. The summed E-state index contributed by atoms with van der Waals surface area (Å²) in [5.74, 6) is 0. The topological polar surface area (TPSA) is 71.4 Å². The molecule has 0 unspecified atom stereocenters. The van der Waals surface area contributed by atoms with Gasteiger partial charge >= 0.3 is 0 Å². The van der Waals surface area contributed by atoms with E-state index in [0.717, 1.165) is 15.6 Å². The van der Waals surface area contributed by atoms with Crippen molar-refractivity contribution < 1.29 is 0 Å². The minimum atomic E-state index is -2.72. The summed E-state index contributed by atoms with van der Waals surface area (Å²) in [6.07, 6.45) is 0. The summed E-state index contributed by atoms with van der Waals surface area (Å²) in [4.78, 5) is 0. The van der Waals surface area contributed by atoms with Gasteiger partial charge in [0.2, 0.25) is 0 Å². The highest BCUT2D eigenvalue weighted by atomic mass is 28.3. The summed E-state index contributed by atoms with van der Waals surface area (Å²) < 4.78 is 0. The van der Waals surface area contributed by atoms with Crippen LogP contribution in [0.4, 0.5) is 0 Å². The predicted octanol–water partition coefficient (Wildman–Crippen LogP) is 3.57. The second-order valence-electron chi connectivity index (χ2n) is 8.08. The lowest BCUT2D eigenvalue weighted by molar-refractivity contribution is 0.739. The van der Waals surface area contributed by atoms with Crippen molar-refractivity contribution in [1.82, 2.24) is 0 Å². The fourth-order valence-corrected chi connectivity index (χ4v) is 10.0. The van der Waals surface area contributed by atoms with E-state index in [0.29, 0.717) is 16.7 Å². The summed E-state index contributed by atoms with van der Waals surface area (Å²) in [5.41, 5.74) is 1.82.